The highest BCUT2D eigenvalue weighted by Gasteiger charge is 2.57. The zero-order valence-corrected chi connectivity index (χ0v) is 19.0. The first kappa shape index (κ1) is 23.5. The van der Waals surface area contributed by atoms with Gasteiger partial charge in [0, 0.05) is 12.1 Å². The van der Waals surface area contributed by atoms with Crippen LogP contribution in [0.1, 0.15) is 65.2 Å². The Hall–Kier alpha value is -1.63. The van der Waals surface area contributed by atoms with Crippen LogP contribution in [0.3, 0.4) is 0 Å². The summed E-state index contributed by atoms with van der Waals surface area (Å²) in [6, 6.07) is 0. The molecule has 7 heteroatoms. The third-order valence-corrected chi connectivity index (χ3v) is 9.04. The molecule has 0 radical (unpaired) electrons. The van der Waals surface area contributed by atoms with Gasteiger partial charge in [0.05, 0.1) is 12.1 Å². The normalized spacial score (nSPS) is 42.2. The molecule has 0 aliphatic heterocycles. The van der Waals surface area contributed by atoms with Crippen LogP contribution in [-0.2, 0) is 4.79 Å². The Labute approximate surface area is 188 Å². The van der Waals surface area contributed by atoms with Gasteiger partial charge in [0.2, 0.25) is 0 Å². The minimum absolute atomic E-state index is 0.0319. The molecule has 7 atom stereocenters. The topological polar surface area (TPSA) is 75.7 Å². The summed E-state index contributed by atoms with van der Waals surface area (Å²) in [5.74, 6) is 2.26. The average molecular weight is 453 g/mol. The van der Waals surface area contributed by atoms with Crippen LogP contribution < -0.4 is 5.73 Å². The second-order valence-electron chi connectivity index (χ2n) is 11.0. The van der Waals surface area contributed by atoms with E-state index < -0.39 is 17.5 Å². The third-order valence-electron chi connectivity index (χ3n) is 9.04. The van der Waals surface area contributed by atoms with Crippen LogP contribution in [0.4, 0.5) is 13.2 Å². The van der Waals surface area contributed by atoms with Crippen molar-refractivity contribution in [3.8, 4) is 0 Å². The number of ketones is 1. The van der Waals surface area contributed by atoms with Gasteiger partial charge in [0.1, 0.15) is 5.70 Å². The van der Waals surface area contributed by atoms with Gasteiger partial charge in [-0.25, -0.2) is 0 Å². The van der Waals surface area contributed by atoms with E-state index in [4.69, 9.17) is 5.73 Å². The molecule has 3 N–H and O–H groups in total. The highest BCUT2D eigenvalue weighted by molar-refractivity contribution is 5.86. The van der Waals surface area contributed by atoms with Gasteiger partial charge in [-0.15, -0.1) is 0 Å². The Morgan fingerprint density at radius 2 is 1.97 bits per heavy atom. The van der Waals surface area contributed by atoms with Gasteiger partial charge in [-0.1, -0.05) is 18.6 Å². The third kappa shape index (κ3) is 4.29. The fourth-order valence-electron chi connectivity index (χ4n) is 7.48. The zero-order chi connectivity index (χ0) is 23.3. The van der Waals surface area contributed by atoms with Gasteiger partial charge in [-0.3, -0.25) is 9.79 Å². The lowest BCUT2D eigenvalue weighted by atomic mass is 9.51. The number of aliphatic imine (C=N–C) groups is 1. The number of hydrogen-bond donors (Lipinski definition) is 2. The molecule has 178 valence electrons. The molecule has 4 nitrogen and oxygen atoms in total. The Balaban J connectivity index is 1.43. The molecular formula is C25H35F3N2O2. The van der Waals surface area contributed by atoms with E-state index in [1.54, 1.807) is 0 Å². The van der Waals surface area contributed by atoms with E-state index >= 15 is 0 Å². The standard InChI is InChI=1S/C25H35F3N2O2/c1-23(32)10-7-16-15(13-23)3-4-18-17(16)8-11-24(2)19(18)5-6-20(24)21(31)14-30-12-9-22(29)25(26,27)28/h3,9,12,16-20,32H,4-8,10-11,13-14,29H2,1-2H3. The maximum atomic E-state index is 13.0. The van der Waals surface area contributed by atoms with E-state index in [0.29, 0.717) is 29.7 Å². The Kier molecular flexibility index (Phi) is 6.10. The van der Waals surface area contributed by atoms with E-state index in [1.807, 2.05) is 6.92 Å². The summed E-state index contributed by atoms with van der Waals surface area (Å²) in [7, 11) is 0. The molecule has 0 bridgehead atoms. The fourth-order valence-corrected chi connectivity index (χ4v) is 7.48. The van der Waals surface area contributed by atoms with Crippen LogP contribution in [0.2, 0.25) is 0 Å². The second kappa shape index (κ2) is 8.30. The van der Waals surface area contributed by atoms with Crippen molar-refractivity contribution < 1.29 is 23.1 Å². The predicted molar refractivity (Wildman–Crippen MR) is 118 cm³/mol. The van der Waals surface area contributed by atoms with Gasteiger partial charge in [0.25, 0.3) is 0 Å². The number of Topliss-reactive ketones (excluding diaryl/α,β-unsaturated/α-hetero) is 1. The molecule has 0 aromatic heterocycles. The van der Waals surface area contributed by atoms with E-state index in [1.165, 1.54) is 5.57 Å². The van der Waals surface area contributed by atoms with Crippen LogP contribution in [0.15, 0.2) is 28.4 Å². The first-order valence-corrected chi connectivity index (χ1v) is 11.9. The van der Waals surface area contributed by atoms with Gasteiger partial charge < -0.3 is 10.8 Å². The largest absolute Gasteiger partial charge is 0.430 e. The summed E-state index contributed by atoms with van der Waals surface area (Å²) >= 11 is 0. The molecule has 0 heterocycles. The SMILES string of the molecule is CC1(O)CCC2C(=CCC3C2CCC2(C)C(C(=O)CN=CC=C(N)C(F)(F)F)CCC32)C1. The van der Waals surface area contributed by atoms with Crippen LogP contribution in [0.25, 0.3) is 0 Å². The smallest absolute Gasteiger partial charge is 0.395 e. The fraction of sp³-hybridized carbons (Fsp3) is 0.760. The van der Waals surface area contributed by atoms with Crippen molar-refractivity contribution in [2.75, 3.05) is 6.54 Å². The second-order valence-corrected chi connectivity index (χ2v) is 11.0. The molecule has 4 rings (SSSR count). The van der Waals surface area contributed by atoms with Crippen molar-refractivity contribution in [3.05, 3.63) is 23.4 Å². The summed E-state index contributed by atoms with van der Waals surface area (Å²) in [6.07, 6.45) is 7.24. The summed E-state index contributed by atoms with van der Waals surface area (Å²) in [5, 5.41) is 10.5. The molecule has 0 saturated heterocycles. The van der Waals surface area contributed by atoms with E-state index in [9.17, 15) is 23.1 Å². The van der Waals surface area contributed by atoms with Crippen molar-refractivity contribution >= 4 is 12.0 Å². The maximum Gasteiger partial charge on any atom is 0.430 e. The number of alkyl halides is 3. The molecule has 3 saturated carbocycles. The number of halogens is 3. The van der Waals surface area contributed by atoms with Gasteiger partial charge in [0.15, 0.2) is 5.78 Å². The van der Waals surface area contributed by atoms with E-state index in [-0.39, 0.29) is 23.7 Å². The van der Waals surface area contributed by atoms with Gasteiger partial charge in [-0.2, -0.15) is 13.2 Å². The lowest BCUT2D eigenvalue weighted by Crippen LogP contribution is -2.48. The van der Waals surface area contributed by atoms with E-state index in [2.05, 4.69) is 18.0 Å². The molecule has 0 amide bonds. The number of nitrogens with two attached hydrogens (primary N) is 1. The molecule has 0 aromatic carbocycles. The van der Waals surface area contributed by atoms with Crippen molar-refractivity contribution in [1.82, 2.24) is 0 Å². The Bertz CT molecular complexity index is 845. The maximum absolute atomic E-state index is 13.0. The molecule has 4 aliphatic carbocycles. The summed E-state index contributed by atoms with van der Waals surface area (Å²) in [4.78, 5) is 16.9. The predicted octanol–water partition coefficient (Wildman–Crippen LogP) is 4.97. The summed E-state index contributed by atoms with van der Waals surface area (Å²) < 4.78 is 37.4. The van der Waals surface area contributed by atoms with E-state index in [0.717, 1.165) is 57.6 Å². The number of hydrogen-bond acceptors (Lipinski definition) is 4. The number of carbonyl (C=O) groups excluding carboxylic acids is 1. The highest BCUT2D eigenvalue weighted by atomic mass is 19.4. The molecule has 32 heavy (non-hydrogen) atoms. The van der Waals surface area contributed by atoms with Crippen LogP contribution in [0, 0.1) is 35.0 Å². The lowest BCUT2D eigenvalue weighted by molar-refractivity contribution is -0.127. The van der Waals surface area contributed by atoms with Gasteiger partial charge in [-0.05, 0) is 93.5 Å². The number of aliphatic hydroxyl groups is 1. The minimum Gasteiger partial charge on any atom is -0.395 e. The van der Waals surface area contributed by atoms with Gasteiger partial charge >= 0.3 is 6.18 Å². The number of fused-ring (bicyclic) bond motifs is 5. The summed E-state index contributed by atoms with van der Waals surface area (Å²) in [6.45, 7) is 4.10. The Morgan fingerprint density at radius 1 is 1.22 bits per heavy atom. The zero-order valence-electron chi connectivity index (χ0n) is 19.0. The first-order chi connectivity index (χ1) is 14.9. The first-order valence-electron chi connectivity index (χ1n) is 11.9. The molecule has 0 aromatic rings. The number of allylic oxidation sites excluding steroid dienone is 3. The lowest BCUT2D eigenvalue weighted by Gasteiger charge is -2.54. The average Bonchev–Trinajstić information content (AvgIpc) is 3.06. The quantitative estimate of drug-likeness (QED) is 0.467. The minimum atomic E-state index is -4.58. The highest BCUT2D eigenvalue weighted by Crippen LogP contribution is 2.63. The molecular weight excluding hydrogens is 417 g/mol. The molecule has 0 spiro atoms. The molecule has 4 aliphatic rings. The number of rotatable bonds is 4. The van der Waals surface area contributed by atoms with Crippen LogP contribution in [-0.4, -0.2) is 35.4 Å². The van der Waals surface area contributed by atoms with Crippen molar-refractivity contribution in [1.29, 1.82) is 0 Å². The van der Waals surface area contributed by atoms with Crippen LogP contribution in [0.5, 0.6) is 0 Å². The molecule has 3 fully saturated rings. The monoisotopic (exact) mass is 452 g/mol. The van der Waals surface area contributed by atoms with Crippen molar-refractivity contribution in [2.24, 2.45) is 45.7 Å². The molecule has 7 unspecified atom stereocenters. The van der Waals surface area contributed by atoms with Crippen molar-refractivity contribution in [3.63, 3.8) is 0 Å². The number of carbonyl (C=O) groups is 1. The Morgan fingerprint density at radius 3 is 2.69 bits per heavy atom. The summed E-state index contributed by atoms with van der Waals surface area (Å²) in [5.41, 5.74) is 4.56. The van der Waals surface area contributed by atoms with Crippen molar-refractivity contribution in [2.45, 2.75) is 77.0 Å². The van der Waals surface area contributed by atoms with Crippen LogP contribution >= 0.6 is 0 Å². The number of nitrogens with zero attached hydrogens (tertiary/aromatic N) is 1.